The van der Waals surface area contributed by atoms with Gasteiger partial charge in [0.25, 0.3) is 0 Å². The minimum Gasteiger partial charge on any atom is -0.381 e. The van der Waals surface area contributed by atoms with Gasteiger partial charge in [0.05, 0.1) is 30.2 Å². The Hall–Kier alpha value is -3.40. The van der Waals surface area contributed by atoms with Crippen molar-refractivity contribution < 1.29 is 17.9 Å². The van der Waals surface area contributed by atoms with Gasteiger partial charge in [-0.1, -0.05) is 0 Å². The minimum absolute atomic E-state index is 0.0342. The molecule has 0 spiro atoms. The van der Waals surface area contributed by atoms with E-state index in [0.29, 0.717) is 22.9 Å². The summed E-state index contributed by atoms with van der Waals surface area (Å²) in [5, 5.41) is 12.5. The van der Waals surface area contributed by atoms with Gasteiger partial charge in [-0.2, -0.15) is 10.2 Å². The third-order valence-electron chi connectivity index (χ3n) is 6.74. The van der Waals surface area contributed by atoms with Crippen molar-refractivity contribution in [2.24, 2.45) is 0 Å². The number of fused-ring (bicyclic) bond motifs is 1. The van der Waals surface area contributed by atoms with Crippen molar-refractivity contribution in [1.29, 1.82) is 0 Å². The molecule has 2 fully saturated rings. The summed E-state index contributed by atoms with van der Waals surface area (Å²) in [5.74, 6) is -0.657. The normalized spacial score (nSPS) is 21.6. The number of halogens is 3. The first-order chi connectivity index (χ1) is 16.6. The molecular weight excluding hydrogens is 445 g/mol. The number of anilines is 1. The van der Waals surface area contributed by atoms with Crippen LogP contribution in [0, 0.1) is 11.6 Å². The van der Waals surface area contributed by atoms with E-state index >= 15 is 0 Å². The molecule has 2 aliphatic rings. The molecule has 10 heteroatoms. The van der Waals surface area contributed by atoms with Crippen LogP contribution in [0.5, 0.6) is 0 Å². The van der Waals surface area contributed by atoms with Gasteiger partial charge in [-0.3, -0.25) is 9.78 Å². The number of benzene rings is 1. The average molecular weight is 468 g/mol. The van der Waals surface area contributed by atoms with Gasteiger partial charge in [-0.25, -0.2) is 18.2 Å². The topological polar surface area (TPSA) is 71.9 Å². The summed E-state index contributed by atoms with van der Waals surface area (Å²) >= 11 is 0. The summed E-state index contributed by atoms with van der Waals surface area (Å²) in [4.78, 5) is 6.18. The van der Waals surface area contributed by atoms with Crippen LogP contribution < -0.4 is 4.90 Å². The van der Waals surface area contributed by atoms with Crippen LogP contribution in [0.2, 0.25) is 0 Å². The smallest absolute Gasteiger partial charge is 0.160 e. The number of rotatable bonds is 4. The molecule has 7 nitrogen and oxygen atoms in total. The standard InChI is InChI=1S/C24H23F3N6O/c25-16-1-2-21(27)19(8-16)22-9-17(26)13-32(22)24-20-7-14(10-28-23(20)30-31-24)15-11-29-33(12-15)18-3-5-34-6-4-18/h1-2,7-8,10-12,17-18,22H,3-6,9,13H2,(H,28,30,31)/t17-,22?/m0/s1. The van der Waals surface area contributed by atoms with Crippen molar-refractivity contribution in [3.8, 4) is 11.1 Å². The lowest BCUT2D eigenvalue weighted by molar-refractivity contribution is 0.0662. The molecule has 1 unspecified atom stereocenters. The Morgan fingerprint density at radius 1 is 1.06 bits per heavy atom. The van der Waals surface area contributed by atoms with Crippen LogP contribution in [0.4, 0.5) is 19.0 Å². The van der Waals surface area contributed by atoms with Crippen molar-refractivity contribution in [1.82, 2.24) is 25.0 Å². The Labute approximate surface area is 193 Å². The number of alkyl halides is 1. The highest BCUT2D eigenvalue weighted by Crippen LogP contribution is 2.40. The minimum atomic E-state index is -1.19. The number of hydrogen-bond donors (Lipinski definition) is 1. The molecule has 0 bridgehead atoms. The van der Waals surface area contributed by atoms with Crippen molar-refractivity contribution in [3.05, 3.63) is 60.1 Å². The van der Waals surface area contributed by atoms with Crippen molar-refractivity contribution in [2.75, 3.05) is 24.7 Å². The molecule has 0 amide bonds. The van der Waals surface area contributed by atoms with E-state index in [9.17, 15) is 13.2 Å². The van der Waals surface area contributed by atoms with Gasteiger partial charge in [-0.05, 0) is 37.1 Å². The van der Waals surface area contributed by atoms with E-state index in [1.54, 1.807) is 17.3 Å². The highest BCUT2D eigenvalue weighted by atomic mass is 19.1. The second-order valence-corrected chi connectivity index (χ2v) is 8.89. The van der Waals surface area contributed by atoms with Gasteiger partial charge in [-0.15, -0.1) is 0 Å². The third-order valence-corrected chi connectivity index (χ3v) is 6.74. The Kier molecular flexibility index (Phi) is 5.24. The molecule has 4 aromatic rings. The van der Waals surface area contributed by atoms with Crippen LogP contribution in [0.1, 0.15) is 36.9 Å². The van der Waals surface area contributed by atoms with Crippen LogP contribution in [-0.4, -0.2) is 50.9 Å². The molecule has 2 saturated heterocycles. The van der Waals surface area contributed by atoms with E-state index in [-0.39, 0.29) is 18.5 Å². The molecule has 5 heterocycles. The van der Waals surface area contributed by atoms with Gasteiger partial charge in [0.2, 0.25) is 0 Å². The van der Waals surface area contributed by atoms with Crippen LogP contribution >= 0.6 is 0 Å². The maximum Gasteiger partial charge on any atom is 0.160 e. The molecule has 2 atom stereocenters. The van der Waals surface area contributed by atoms with Crippen molar-refractivity contribution >= 4 is 16.9 Å². The van der Waals surface area contributed by atoms with Crippen LogP contribution in [0.3, 0.4) is 0 Å². The predicted molar refractivity (Wildman–Crippen MR) is 120 cm³/mol. The first kappa shape index (κ1) is 21.2. The zero-order valence-corrected chi connectivity index (χ0v) is 18.3. The molecule has 1 aromatic carbocycles. The second kappa shape index (κ2) is 8.43. The monoisotopic (exact) mass is 468 g/mol. The number of ether oxygens (including phenoxy) is 1. The number of hydrogen-bond acceptors (Lipinski definition) is 5. The quantitative estimate of drug-likeness (QED) is 0.469. The van der Waals surface area contributed by atoms with E-state index in [0.717, 1.165) is 55.4 Å². The Morgan fingerprint density at radius 3 is 2.76 bits per heavy atom. The Balaban J connectivity index is 1.36. The first-order valence-corrected chi connectivity index (χ1v) is 11.4. The third kappa shape index (κ3) is 3.71. The lowest BCUT2D eigenvalue weighted by Gasteiger charge is -2.25. The Morgan fingerprint density at radius 2 is 1.91 bits per heavy atom. The molecular formula is C24H23F3N6O. The molecule has 34 heavy (non-hydrogen) atoms. The second-order valence-electron chi connectivity index (χ2n) is 8.89. The van der Waals surface area contributed by atoms with E-state index in [1.807, 2.05) is 16.9 Å². The van der Waals surface area contributed by atoms with Crippen LogP contribution in [-0.2, 0) is 4.74 Å². The Bertz CT molecular complexity index is 1330. The number of pyridine rings is 1. The molecule has 3 aromatic heterocycles. The summed E-state index contributed by atoms with van der Waals surface area (Å²) in [6.07, 6.45) is 6.24. The van der Waals surface area contributed by atoms with E-state index < -0.39 is 23.8 Å². The van der Waals surface area contributed by atoms with E-state index in [1.165, 1.54) is 0 Å². The largest absolute Gasteiger partial charge is 0.381 e. The molecule has 6 rings (SSSR count). The van der Waals surface area contributed by atoms with Crippen LogP contribution in [0.25, 0.3) is 22.2 Å². The summed E-state index contributed by atoms with van der Waals surface area (Å²) in [5.41, 5.74) is 2.41. The zero-order chi connectivity index (χ0) is 23.2. The molecule has 176 valence electrons. The van der Waals surface area contributed by atoms with Gasteiger partial charge < -0.3 is 9.64 Å². The lowest BCUT2D eigenvalue weighted by Crippen LogP contribution is -2.25. The van der Waals surface area contributed by atoms with Crippen molar-refractivity contribution in [2.45, 2.75) is 37.5 Å². The van der Waals surface area contributed by atoms with Gasteiger partial charge in [0.15, 0.2) is 11.5 Å². The SMILES string of the molecule is Fc1ccc(F)c(C2C[C@H](F)CN2c2n[nH]c3ncc(-c4cnn(C5CCOCC5)c4)cc23)c1. The number of nitrogens with one attached hydrogen (secondary N) is 1. The fourth-order valence-corrected chi connectivity index (χ4v) is 4.99. The summed E-state index contributed by atoms with van der Waals surface area (Å²) in [6.45, 7) is 1.49. The molecule has 2 aliphatic heterocycles. The number of aromatic amines is 1. The average Bonchev–Trinajstić information content (AvgIpc) is 3.59. The summed E-state index contributed by atoms with van der Waals surface area (Å²) in [6, 6.07) is 4.83. The molecule has 0 radical (unpaired) electrons. The fraction of sp³-hybridized carbons (Fsp3) is 0.375. The van der Waals surface area contributed by atoms with E-state index in [2.05, 4.69) is 20.3 Å². The maximum absolute atomic E-state index is 14.5. The zero-order valence-electron chi connectivity index (χ0n) is 18.3. The first-order valence-electron chi connectivity index (χ1n) is 11.4. The van der Waals surface area contributed by atoms with Gasteiger partial charge in [0.1, 0.15) is 17.8 Å². The fourth-order valence-electron chi connectivity index (χ4n) is 4.99. The molecule has 0 aliphatic carbocycles. The maximum atomic E-state index is 14.5. The van der Waals surface area contributed by atoms with Crippen LogP contribution in [0.15, 0.2) is 42.9 Å². The van der Waals surface area contributed by atoms with E-state index in [4.69, 9.17) is 4.74 Å². The number of aromatic nitrogens is 5. The van der Waals surface area contributed by atoms with Crippen molar-refractivity contribution in [3.63, 3.8) is 0 Å². The van der Waals surface area contributed by atoms with Gasteiger partial charge in [0, 0.05) is 48.7 Å². The molecule has 0 saturated carbocycles. The molecule has 1 N–H and O–H groups in total. The highest BCUT2D eigenvalue weighted by molar-refractivity contribution is 5.91. The van der Waals surface area contributed by atoms with Gasteiger partial charge >= 0.3 is 0 Å². The highest BCUT2D eigenvalue weighted by Gasteiger charge is 2.37. The number of H-pyrrole nitrogens is 1. The lowest BCUT2D eigenvalue weighted by atomic mass is 10.0. The predicted octanol–water partition coefficient (Wildman–Crippen LogP) is 4.74. The number of nitrogens with zero attached hydrogens (tertiary/aromatic N) is 5. The summed E-state index contributed by atoms with van der Waals surface area (Å²) < 4.78 is 50.3. The summed E-state index contributed by atoms with van der Waals surface area (Å²) in [7, 11) is 0.